The molecule has 0 heterocycles. The Morgan fingerprint density at radius 3 is 2.69 bits per heavy atom. The number of hydrogen-bond donors (Lipinski definition) is 0. The van der Waals surface area contributed by atoms with E-state index in [0.717, 1.165) is 0 Å². The smallest absolute Gasteiger partial charge is 0.368 e. The minimum absolute atomic E-state index is 0.353. The fourth-order valence-electron chi connectivity index (χ4n) is 0.473. The summed E-state index contributed by atoms with van der Waals surface area (Å²) < 4.78 is 4.74. The third-order valence-corrected chi connectivity index (χ3v) is 1.26. The Hall–Kier alpha value is -1.29. The SMILES string of the molecule is C=COC(C)OOC(=O)C(=C)CC. The molecule has 1 atom stereocenters. The molecule has 4 nitrogen and oxygen atoms in total. The van der Waals surface area contributed by atoms with Crippen LogP contribution in [0.2, 0.25) is 0 Å². The van der Waals surface area contributed by atoms with Gasteiger partial charge in [0, 0.05) is 12.5 Å². The Kier molecular flexibility index (Phi) is 5.63. The van der Waals surface area contributed by atoms with Gasteiger partial charge >= 0.3 is 5.97 Å². The average Bonchev–Trinajstić information content (AvgIpc) is 2.13. The zero-order chi connectivity index (χ0) is 10.3. The van der Waals surface area contributed by atoms with Crippen molar-refractivity contribution in [3.63, 3.8) is 0 Å². The molecule has 0 aliphatic rings. The highest BCUT2D eigenvalue weighted by molar-refractivity contribution is 5.87. The fraction of sp³-hybridized carbons (Fsp3) is 0.444. The van der Waals surface area contributed by atoms with E-state index >= 15 is 0 Å². The van der Waals surface area contributed by atoms with Crippen LogP contribution in [0.3, 0.4) is 0 Å². The third-order valence-electron chi connectivity index (χ3n) is 1.26. The summed E-state index contributed by atoms with van der Waals surface area (Å²) in [5, 5.41) is 0. The highest BCUT2D eigenvalue weighted by atomic mass is 17.2. The summed E-state index contributed by atoms with van der Waals surface area (Å²) in [6.07, 6.45) is 1.07. The average molecular weight is 186 g/mol. The van der Waals surface area contributed by atoms with E-state index in [9.17, 15) is 4.79 Å². The van der Waals surface area contributed by atoms with Gasteiger partial charge in [0.1, 0.15) is 0 Å². The first-order chi connectivity index (χ1) is 6.11. The Morgan fingerprint density at radius 2 is 2.23 bits per heavy atom. The Morgan fingerprint density at radius 1 is 1.62 bits per heavy atom. The maximum absolute atomic E-state index is 11.0. The summed E-state index contributed by atoms with van der Waals surface area (Å²) in [5.41, 5.74) is 0.353. The number of carbonyl (C=O) groups is 1. The normalized spacial score (nSPS) is 11.5. The van der Waals surface area contributed by atoms with Gasteiger partial charge in [-0.15, -0.1) is 4.89 Å². The molecule has 4 heteroatoms. The highest BCUT2D eigenvalue weighted by Gasteiger charge is 2.10. The molecular formula is C9H14O4. The maximum Gasteiger partial charge on any atom is 0.368 e. The summed E-state index contributed by atoms with van der Waals surface area (Å²) in [6, 6.07) is 0. The van der Waals surface area contributed by atoms with E-state index in [0.29, 0.717) is 12.0 Å². The van der Waals surface area contributed by atoms with Crippen LogP contribution in [0.25, 0.3) is 0 Å². The lowest BCUT2D eigenvalue weighted by molar-refractivity contribution is -0.335. The van der Waals surface area contributed by atoms with Crippen molar-refractivity contribution in [3.8, 4) is 0 Å². The molecule has 0 rings (SSSR count). The number of ether oxygens (including phenoxy) is 1. The van der Waals surface area contributed by atoms with E-state index in [1.54, 1.807) is 13.8 Å². The van der Waals surface area contributed by atoms with Gasteiger partial charge in [-0.25, -0.2) is 4.79 Å². The molecule has 0 aliphatic heterocycles. The van der Waals surface area contributed by atoms with E-state index in [-0.39, 0.29) is 0 Å². The lowest BCUT2D eigenvalue weighted by Crippen LogP contribution is -2.15. The third kappa shape index (κ3) is 5.03. The quantitative estimate of drug-likeness (QED) is 0.209. The van der Waals surface area contributed by atoms with Gasteiger partial charge in [0.25, 0.3) is 0 Å². The minimum atomic E-state index is -0.661. The minimum Gasteiger partial charge on any atom is -0.470 e. The van der Waals surface area contributed by atoms with Crippen molar-refractivity contribution in [1.29, 1.82) is 0 Å². The van der Waals surface area contributed by atoms with Crippen molar-refractivity contribution < 1.29 is 19.3 Å². The largest absolute Gasteiger partial charge is 0.470 e. The molecule has 0 spiro atoms. The molecule has 13 heavy (non-hydrogen) atoms. The van der Waals surface area contributed by atoms with Gasteiger partial charge in [-0.3, -0.25) is 4.89 Å². The molecule has 0 saturated carbocycles. The monoisotopic (exact) mass is 186 g/mol. The molecule has 0 aliphatic carbocycles. The van der Waals surface area contributed by atoms with Crippen LogP contribution in [0.1, 0.15) is 20.3 Å². The summed E-state index contributed by atoms with van der Waals surface area (Å²) >= 11 is 0. The zero-order valence-corrected chi connectivity index (χ0v) is 7.91. The Bertz CT molecular complexity index is 198. The van der Waals surface area contributed by atoms with Crippen LogP contribution in [-0.4, -0.2) is 12.3 Å². The summed E-state index contributed by atoms with van der Waals surface area (Å²) in [5.74, 6) is -0.581. The predicted molar refractivity (Wildman–Crippen MR) is 47.4 cm³/mol. The number of rotatable bonds is 6. The molecule has 0 fully saturated rings. The molecule has 0 aromatic rings. The van der Waals surface area contributed by atoms with E-state index in [1.807, 2.05) is 0 Å². The van der Waals surface area contributed by atoms with Crippen LogP contribution in [-0.2, 0) is 19.3 Å². The second kappa shape index (κ2) is 6.25. The second-order valence-electron chi connectivity index (χ2n) is 2.29. The molecule has 0 amide bonds. The van der Waals surface area contributed by atoms with Gasteiger partial charge in [-0.1, -0.05) is 20.1 Å². The van der Waals surface area contributed by atoms with Crippen molar-refractivity contribution in [2.45, 2.75) is 26.6 Å². The molecule has 0 bridgehead atoms. The Balaban J connectivity index is 3.69. The van der Waals surface area contributed by atoms with Crippen LogP contribution in [0.15, 0.2) is 25.0 Å². The van der Waals surface area contributed by atoms with Gasteiger partial charge in [-0.05, 0) is 6.42 Å². The first-order valence-corrected chi connectivity index (χ1v) is 3.93. The van der Waals surface area contributed by atoms with E-state index in [2.05, 4.69) is 22.9 Å². The second-order valence-corrected chi connectivity index (χ2v) is 2.29. The molecule has 0 aromatic carbocycles. The molecular weight excluding hydrogens is 172 g/mol. The summed E-state index contributed by atoms with van der Waals surface area (Å²) in [7, 11) is 0. The maximum atomic E-state index is 11.0. The molecule has 74 valence electrons. The van der Waals surface area contributed by atoms with Crippen LogP contribution in [0.4, 0.5) is 0 Å². The lowest BCUT2D eigenvalue weighted by Gasteiger charge is -2.10. The standard InChI is InChI=1S/C9H14O4/c1-5-7(3)9(10)13-12-8(4)11-6-2/h6,8H,2-3,5H2,1,4H3. The van der Waals surface area contributed by atoms with Gasteiger partial charge < -0.3 is 4.74 Å². The van der Waals surface area contributed by atoms with Crippen LogP contribution in [0.5, 0.6) is 0 Å². The van der Waals surface area contributed by atoms with E-state index in [1.165, 1.54) is 6.26 Å². The molecule has 0 aromatic heterocycles. The Labute approximate surface area is 77.7 Å². The van der Waals surface area contributed by atoms with E-state index in [4.69, 9.17) is 4.74 Å². The number of carbonyl (C=O) groups excluding carboxylic acids is 1. The van der Waals surface area contributed by atoms with Crippen LogP contribution in [0, 0.1) is 0 Å². The van der Waals surface area contributed by atoms with Crippen molar-refractivity contribution in [3.05, 3.63) is 25.0 Å². The first-order valence-electron chi connectivity index (χ1n) is 3.93. The summed E-state index contributed by atoms with van der Waals surface area (Å²) in [4.78, 5) is 19.9. The zero-order valence-electron chi connectivity index (χ0n) is 7.91. The van der Waals surface area contributed by atoms with Gasteiger partial charge in [0.2, 0.25) is 6.29 Å². The topological polar surface area (TPSA) is 44.8 Å². The highest BCUT2D eigenvalue weighted by Crippen LogP contribution is 2.02. The van der Waals surface area contributed by atoms with Crippen LogP contribution >= 0.6 is 0 Å². The fourth-order valence-corrected chi connectivity index (χ4v) is 0.473. The molecule has 1 unspecified atom stereocenters. The first kappa shape index (κ1) is 11.7. The van der Waals surface area contributed by atoms with Gasteiger partial charge in [-0.2, -0.15) is 0 Å². The summed E-state index contributed by atoms with van der Waals surface area (Å²) in [6.45, 7) is 10.2. The van der Waals surface area contributed by atoms with Crippen LogP contribution < -0.4 is 0 Å². The van der Waals surface area contributed by atoms with Gasteiger partial charge in [0.15, 0.2) is 0 Å². The van der Waals surface area contributed by atoms with Crippen molar-refractivity contribution in [1.82, 2.24) is 0 Å². The van der Waals surface area contributed by atoms with Crippen molar-refractivity contribution in [2.24, 2.45) is 0 Å². The van der Waals surface area contributed by atoms with Crippen molar-refractivity contribution >= 4 is 5.97 Å². The molecule has 0 radical (unpaired) electrons. The molecule has 0 saturated heterocycles. The number of hydrogen-bond acceptors (Lipinski definition) is 4. The lowest BCUT2D eigenvalue weighted by atomic mass is 10.2. The van der Waals surface area contributed by atoms with Crippen molar-refractivity contribution in [2.75, 3.05) is 0 Å². The van der Waals surface area contributed by atoms with E-state index < -0.39 is 12.3 Å². The molecule has 0 N–H and O–H groups in total. The van der Waals surface area contributed by atoms with Gasteiger partial charge in [0.05, 0.1) is 6.26 Å². The predicted octanol–water partition coefficient (Wildman–Crippen LogP) is 1.93.